The van der Waals surface area contributed by atoms with Crippen molar-refractivity contribution in [2.45, 2.75) is 59.8 Å². The molecule has 0 aliphatic rings. The monoisotopic (exact) mass is 277 g/mol. The van der Waals surface area contributed by atoms with E-state index >= 15 is 0 Å². The van der Waals surface area contributed by atoms with E-state index in [4.69, 9.17) is 0 Å². The second-order valence-electron chi connectivity index (χ2n) is 5.78. The van der Waals surface area contributed by atoms with Crippen molar-refractivity contribution in [1.29, 1.82) is 0 Å². The minimum Gasteiger partial charge on any atom is -0.316 e. The van der Waals surface area contributed by atoms with Crippen LogP contribution in [0.5, 0.6) is 0 Å². The lowest BCUT2D eigenvalue weighted by Gasteiger charge is -2.15. The molecule has 0 aliphatic carbocycles. The molecule has 0 bridgehead atoms. The van der Waals surface area contributed by atoms with Crippen molar-refractivity contribution in [3.05, 3.63) is 36.5 Å². The first-order valence-corrected chi connectivity index (χ1v) is 8.28. The Morgan fingerprint density at radius 3 is 2.60 bits per heavy atom. The predicted molar refractivity (Wildman–Crippen MR) is 93.1 cm³/mol. The summed E-state index contributed by atoms with van der Waals surface area (Å²) in [6.45, 7) is 15.0. The largest absolute Gasteiger partial charge is 0.316 e. The van der Waals surface area contributed by atoms with Gasteiger partial charge in [0.05, 0.1) is 0 Å². The quantitative estimate of drug-likeness (QED) is 0.366. The van der Waals surface area contributed by atoms with E-state index in [1.165, 1.54) is 18.4 Å². The molecular formula is C19H35N. The van der Waals surface area contributed by atoms with Crippen molar-refractivity contribution in [3.63, 3.8) is 0 Å². The molecule has 0 saturated heterocycles. The van der Waals surface area contributed by atoms with Gasteiger partial charge < -0.3 is 5.32 Å². The zero-order chi connectivity index (χ0) is 15.2. The highest BCUT2D eigenvalue weighted by atomic mass is 14.8. The second kappa shape index (κ2) is 13.2. The Morgan fingerprint density at radius 2 is 2.00 bits per heavy atom. The zero-order valence-corrected chi connectivity index (χ0v) is 14.1. The number of rotatable bonds is 12. The molecule has 0 radical (unpaired) electrons. The first-order valence-electron chi connectivity index (χ1n) is 8.28. The summed E-state index contributed by atoms with van der Waals surface area (Å²) in [5, 5.41) is 3.51. The molecule has 2 atom stereocenters. The first-order chi connectivity index (χ1) is 9.65. The Labute approximate surface area is 127 Å². The Balaban J connectivity index is 3.63. The molecule has 0 rings (SSSR count). The van der Waals surface area contributed by atoms with E-state index in [-0.39, 0.29) is 0 Å². The number of nitrogens with one attached hydrogen (secondary N) is 1. The Hall–Kier alpha value is -0.820. The molecule has 0 amide bonds. The lowest BCUT2D eigenvalue weighted by atomic mass is 9.91. The summed E-state index contributed by atoms with van der Waals surface area (Å²) in [5.74, 6) is 1.51. The first kappa shape index (κ1) is 19.2. The Morgan fingerprint density at radius 1 is 1.25 bits per heavy atom. The van der Waals surface area contributed by atoms with Crippen LogP contribution >= 0.6 is 0 Å². The summed E-state index contributed by atoms with van der Waals surface area (Å²) < 4.78 is 0. The van der Waals surface area contributed by atoms with Gasteiger partial charge in [0.2, 0.25) is 0 Å². The Bertz CT molecular complexity index is 288. The number of hydrogen-bond acceptors (Lipinski definition) is 1. The van der Waals surface area contributed by atoms with Crippen LogP contribution in [0.25, 0.3) is 0 Å². The van der Waals surface area contributed by atoms with Crippen molar-refractivity contribution < 1.29 is 0 Å². The predicted octanol–water partition coefficient (Wildman–Crippen LogP) is 5.51. The van der Waals surface area contributed by atoms with Crippen LogP contribution < -0.4 is 5.32 Å². The molecule has 1 nitrogen and oxygen atoms in total. The molecule has 2 unspecified atom stereocenters. The van der Waals surface area contributed by atoms with Gasteiger partial charge in [-0.1, -0.05) is 63.5 Å². The van der Waals surface area contributed by atoms with Gasteiger partial charge in [0, 0.05) is 0 Å². The lowest BCUT2D eigenvalue weighted by molar-refractivity contribution is 0.423. The van der Waals surface area contributed by atoms with Crippen LogP contribution in [0.2, 0.25) is 0 Å². The number of hydrogen-bond donors (Lipinski definition) is 1. The van der Waals surface area contributed by atoms with Gasteiger partial charge in [0.25, 0.3) is 0 Å². The molecule has 0 aromatic heterocycles. The molecular weight excluding hydrogens is 242 g/mol. The van der Waals surface area contributed by atoms with Gasteiger partial charge in [0.15, 0.2) is 0 Å². The van der Waals surface area contributed by atoms with Crippen LogP contribution in [0.15, 0.2) is 36.5 Å². The van der Waals surface area contributed by atoms with Gasteiger partial charge >= 0.3 is 0 Å². The van der Waals surface area contributed by atoms with Crippen LogP contribution in [0.3, 0.4) is 0 Å². The molecule has 20 heavy (non-hydrogen) atoms. The minimum absolute atomic E-state index is 0.706. The van der Waals surface area contributed by atoms with E-state index < -0.39 is 0 Å². The third-order valence-corrected chi connectivity index (χ3v) is 4.01. The van der Waals surface area contributed by atoms with E-state index in [0.29, 0.717) is 5.92 Å². The summed E-state index contributed by atoms with van der Waals surface area (Å²) >= 11 is 0. The minimum atomic E-state index is 0.706. The van der Waals surface area contributed by atoms with Crippen molar-refractivity contribution in [2.24, 2.45) is 11.8 Å². The summed E-state index contributed by atoms with van der Waals surface area (Å²) in [6.07, 6.45) is 14.8. The fourth-order valence-corrected chi connectivity index (χ4v) is 2.33. The van der Waals surface area contributed by atoms with Gasteiger partial charge in [-0.2, -0.15) is 0 Å². The third kappa shape index (κ3) is 10.0. The van der Waals surface area contributed by atoms with E-state index in [2.05, 4.69) is 57.8 Å². The molecule has 1 N–H and O–H groups in total. The molecule has 0 spiro atoms. The highest BCUT2D eigenvalue weighted by Crippen LogP contribution is 2.17. The molecule has 0 heterocycles. The van der Waals surface area contributed by atoms with E-state index in [1.807, 2.05) is 6.08 Å². The maximum absolute atomic E-state index is 3.79. The highest BCUT2D eigenvalue weighted by molar-refractivity contribution is 5.05. The van der Waals surface area contributed by atoms with Crippen LogP contribution in [-0.4, -0.2) is 13.1 Å². The molecule has 0 aliphatic heterocycles. The van der Waals surface area contributed by atoms with E-state index in [9.17, 15) is 0 Å². The van der Waals surface area contributed by atoms with Crippen molar-refractivity contribution in [3.8, 4) is 0 Å². The van der Waals surface area contributed by atoms with Crippen molar-refractivity contribution in [2.75, 3.05) is 13.1 Å². The molecule has 0 saturated carbocycles. The maximum Gasteiger partial charge on any atom is -0.00114 e. The van der Waals surface area contributed by atoms with Crippen LogP contribution in [0.1, 0.15) is 59.8 Å². The fraction of sp³-hybridized carbons (Fsp3) is 0.684. The lowest BCUT2D eigenvalue weighted by Crippen LogP contribution is -2.16. The molecule has 0 fully saturated rings. The maximum atomic E-state index is 3.79. The summed E-state index contributed by atoms with van der Waals surface area (Å²) in [6, 6.07) is 0. The van der Waals surface area contributed by atoms with Gasteiger partial charge in [-0.15, -0.1) is 6.58 Å². The number of allylic oxidation sites excluding steroid dienone is 3. The van der Waals surface area contributed by atoms with Crippen LogP contribution in [-0.2, 0) is 0 Å². The second-order valence-corrected chi connectivity index (χ2v) is 5.78. The molecule has 0 aromatic carbocycles. The van der Waals surface area contributed by atoms with Gasteiger partial charge in [-0.05, 0) is 51.1 Å². The molecule has 0 aromatic rings. The third-order valence-electron chi connectivity index (χ3n) is 4.01. The summed E-state index contributed by atoms with van der Waals surface area (Å²) in [4.78, 5) is 0. The average molecular weight is 277 g/mol. The van der Waals surface area contributed by atoms with Crippen LogP contribution in [0.4, 0.5) is 0 Å². The standard InChI is InChI=1S/C19H35N/c1-6-11-17(4)18(5)13-9-10-15-20-16-14-19(8-3)12-7-2/h7-9,13,17-18,20H,2,6,10-12,14-16H2,1,3-5H3/b13-9-,19-8+. The summed E-state index contributed by atoms with van der Waals surface area (Å²) in [5.41, 5.74) is 1.48. The zero-order valence-electron chi connectivity index (χ0n) is 14.1. The van der Waals surface area contributed by atoms with Crippen molar-refractivity contribution in [1.82, 2.24) is 5.32 Å². The molecule has 116 valence electrons. The van der Waals surface area contributed by atoms with Gasteiger partial charge in [-0.3, -0.25) is 0 Å². The van der Waals surface area contributed by atoms with Crippen molar-refractivity contribution >= 4 is 0 Å². The highest BCUT2D eigenvalue weighted by Gasteiger charge is 2.06. The van der Waals surface area contributed by atoms with E-state index in [0.717, 1.165) is 38.3 Å². The summed E-state index contributed by atoms with van der Waals surface area (Å²) in [7, 11) is 0. The average Bonchev–Trinajstić information content (AvgIpc) is 2.45. The smallest absolute Gasteiger partial charge is 0.00114 e. The topological polar surface area (TPSA) is 12.0 Å². The fourth-order valence-electron chi connectivity index (χ4n) is 2.33. The van der Waals surface area contributed by atoms with Gasteiger partial charge in [0.1, 0.15) is 0 Å². The van der Waals surface area contributed by atoms with Gasteiger partial charge in [-0.25, -0.2) is 0 Å². The van der Waals surface area contributed by atoms with Crippen LogP contribution in [0, 0.1) is 11.8 Å². The normalized spacial score (nSPS) is 15.5. The SMILES string of the molecule is C=CC/C(=C\C)CCNCC/C=C\C(C)C(C)CCC. The Kier molecular flexibility index (Phi) is 12.6. The van der Waals surface area contributed by atoms with E-state index in [1.54, 1.807) is 0 Å². The molecule has 1 heteroatoms.